The van der Waals surface area contributed by atoms with E-state index < -0.39 is 0 Å². The molecule has 0 amide bonds. The Morgan fingerprint density at radius 3 is 2.31 bits per heavy atom. The Bertz CT molecular complexity index is 1010. The van der Waals surface area contributed by atoms with Gasteiger partial charge in [-0.25, -0.2) is 9.97 Å². The van der Waals surface area contributed by atoms with Gasteiger partial charge in [0.15, 0.2) is 5.82 Å². The quantitative estimate of drug-likeness (QED) is 0.716. The van der Waals surface area contributed by atoms with Crippen LogP contribution < -0.4 is 5.32 Å². The first-order valence-corrected chi connectivity index (χ1v) is 10.9. The van der Waals surface area contributed by atoms with E-state index in [-0.39, 0.29) is 0 Å². The number of benzene rings is 1. The number of hydrogen-bond donors (Lipinski definition) is 1. The Morgan fingerprint density at radius 2 is 1.66 bits per heavy atom. The molecule has 150 valence electrons. The number of hydrogen-bond acceptors (Lipinski definition) is 5. The maximum atomic E-state index is 5.05. The van der Waals surface area contributed by atoms with Crippen molar-refractivity contribution in [1.82, 2.24) is 19.9 Å². The van der Waals surface area contributed by atoms with Crippen molar-refractivity contribution < 1.29 is 0 Å². The largest absolute Gasteiger partial charge is 0.365 e. The molecule has 2 aliphatic rings. The van der Waals surface area contributed by atoms with Gasteiger partial charge >= 0.3 is 0 Å². The fourth-order valence-electron chi connectivity index (χ4n) is 4.84. The predicted octanol–water partition coefficient (Wildman–Crippen LogP) is 4.47. The highest BCUT2D eigenvalue weighted by Gasteiger charge is 2.24. The normalized spacial score (nSPS) is 21.5. The van der Waals surface area contributed by atoms with Gasteiger partial charge in [0.05, 0.1) is 16.7 Å². The van der Waals surface area contributed by atoms with Crippen LogP contribution >= 0.6 is 0 Å². The van der Waals surface area contributed by atoms with Crippen molar-refractivity contribution in [2.24, 2.45) is 0 Å². The summed E-state index contributed by atoms with van der Waals surface area (Å²) >= 11 is 0. The lowest BCUT2D eigenvalue weighted by Gasteiger charge is -2.33. The SMILES string of the molecule is CN(C)C1CCC(Nc2nc3cc4c(cc3nc2-c2ccccn2)CCC4)CC1. The van der Waals surface area contributed by atoms with Crippen LogP contribution in [0.5, 0.6) is 0 Å². The molecule has 3 aromatic rings. The maximum absolute atomic E-state index is 5.05. The van der Waals surface area contributed by atoms with Crippen molar-refractivity contribution in [3.05, 3.63) is 47.7 Å². The van der Waals surface area contributed by atoms with Gasteiger partial charge in [0.25, 0.3) is 0 Å². The molecular formula is C24H29N5. The van der Waals surface area contributed by atoms with Gasteiger partial charge in [-0.1, -0.05) is 6.07 Å². The van der Waals surface area contributed by atoms with Crippen molar-refractivity contribution in [2.45, 2.75) is 57.0 Å². The minimum absolute atomic E-state index is 0.440. The van der Waals surface area contributed by atoms with Gasteiger partial charge in [-0.15, -0.1) is 0 Å². The summed E-state index contributed by atoms with van der Waals surface area (Å²) in [6.45, 7) is 0. The van der Waals surface area contributed by atoms with Gasteiger partial charge in [-0.05, 0) is 94.4 Å². The van der Waals surface area contributed by atoms with Crippen LogP contribution in [0.3, 0.4) is 0 Å². The van der Waals surface area contributed by atoms with E-state index in [0.717, 1.165) is 53.9 Å². The highest BCUT2D eigenvalue weighted by molar-refractivity contribution is 5.83. The fourth-order valence-corrected chi connectivity index (χ4v) is 4.84. The molecule has 2 aliphatic carbocycles. The van der Waals surface area contributed by atoms with Crippen LogP contribution in [0.4, 0.5) is 5.82 Å². The second-order valence-electron chi connectivity index (χ2n) is 8.71. The smallest absolute Gasteiger partial charge is 0.155 e. The second kappa shape index (κ2) is 7.71. The maximum Gasteiger partial charge on any atom is 0.155 e. The van der Waals surface area contributed by atoms with Gasteiger partial charge in [-0.3, -0.25) is 4.98 Å². The topological polar surface area (TPSA) is 53.9 Å². The fraction of sp³-hybridized carbons (Fsp3) is 0.458. The zero-order valence-corrected chi connectivity index (χ0v) is 17.4. The highest BCUT2D eigenvalue weighted by Crippen LogP contribution is 2.32. The molecule has 5 nitrogen and oxygen atoms in total. The molecule has 0 radical (unpaired) electrons. The van der Waals surface area contributed by atoms with Crippen molar-refractivity contribution in [3.63, 3.8) is 0 Å². The minimum Gasteiger partial charge on any atom is -0.365 e. The minimum atomic E-state index is 0.440. The molecule has 5 rings (SSSR count). The molecule has 1 N–H and O–H groups in total. The molecule has 1 aromatic carbocycles. The molecule has 0 spiro atoms. The van der Waals surface area contributed by atoms with Crippen LogP contribution in [0.2, 0.25) is 0 Å². The number of nitrogens with one attached hydrogen (secondary N) is 1. The van der Waals surface area contributed by atoms with Gasteiger partial charge < -0.3 is 10.2 Å². The summed E-state index contributed by atoms with van der Waals surface area (Å²) in [6, 6.07) is 11.6. The van der Waals surface area contributed by atoms with Crippen LogP contribution in [-0.2, 0) is 12.8 Å². The van der Waals surface area contributed by atoms with E-state index >= 15 is 0 Å². The average molecular weight is 388 g/mol. The molecule has 5 heteroatoms. The zero-order chi connectivity index (χ0) is 19.8. The Hall–Kier alpha value is -2.53. The van der Waals surface area contributed by atoms with Crippen molar-refractivity contribution >= 4 is 16.9 Å². The molecule has 0 aliphatic heterocycles. The third-order valence-electron chi connectivity index (χ3n) is 6.55. The molecule has 1 saturated carbocycles. The van der Waals surface area contributed by atoms with Gasteiger partial charge in [0.2, 0.25) is 0 Å². The summed E-state index contributed by atoms with van der Waals surface area (Å²) in [5, 5.41) is 3.74. The van der Waals surface area contributed by atoms with Crippen LogP contribution in [0.1, 0.15) is 43.2 Å². The van der Waals surface area contributed by atoms with E-state index in [0.29, 0.717) is 12.1 Å². The molecule has 29 heavy (non-hydrogen) atoms. The molecule has 0 bridgehead atoms. The van der Waals surface area contributed by atoms with E-state index in [4.69, 9.17) is 9.97 Å². The number of rotatable bonds is 4. The Labute approximate surface area is 172 Å². The molecule has 0 atom stereocenters. The molecule has 2 heterocycles. The average Bonchev–Trinajstić information content (AvgIpc) is 3.20. The lowest BCUT2D eigenvalue weighted by molar-refractivity contribution is 0.221. The first-order chi connectivity index (χ1) is 14.2. The third-order valence-corrected chi connectivity index (χ3v) is 6.55. The van der Waals surface area contributed by atoms with Crippen LogP contribution in [0, 0.1) is 0 Å². The number of fused-ring (bicyclic) bond motifs is 2. The Balaban J connectivity index is 1.51. The van der Waals surface area contributed by atoms with Crippen LogP contribution in [0.15, 0.2) is 36.5 Å². The highest BCUT2D eigenvalue weighted by atomic mass is 15.1. The van der Waals surface area contributed by atoms with Crippen LogP contribution in [0.25, 0.3) is 22.4 Å². The Morgan fingerprint density at radius 1 is 0.931 bits per heavy atom. The lowest BCUT2D eigenvalue weighted by Crippen LogP contribution is -2.36. The number of aryl methyl sites for hydroxylation is 2. The number of aromatic nitrogens is 3. The van der Waals surface area contributed by atoms with Crippen molar-refractivity contribution in [3.8, 4) is 11.4 Å². The van der Waals surface area contributed by atoms with E-state index in [2.05, 4.69) is 41.4 Å². The Kier molecular flexibility index (Phi) is 4.92. The van der Waals surface area contributed by atoms with Crippen molar-refractivity contribution in [2.75, 3.05) is 19.4 Å². The number of anilines is 1. The molecule has 0 unspecified atom stereocenters. The number of pyridine rings is 1. The summed E-state index contributed by atoms with van der Waals surface area (Å²) in [5.41, 5.74) is 6.59. The van der Waals surface area contributed by atoms with Crippen molar-refractivity contribution in [1.29, 1.82) is 0 Å². The summed E-state index contributed by atoms with van der Waals surface area (Å²) in [7, 11) is 4.37. The standard InChI is InChI=1S/C24H29N5/c1-29(2)19-11-9-18(10-12-19)26-24-23(20-8-3-4-13-25-20)27-21-14-16-6-5-7-17(16)15-22(21)28-24/h3-4,8,13-15,18-19H,5-7,9-12H2,1-2H3,(H,26,28). The monoisotopic (exact) mass is 387 g/mol. The van der Waals surface area contributed by atoms with Gasteiger partial charge in [0, 0.05) is 18.3 Å². The lowest BCUT2D eigenvalue weighted by atomic mass is 9.90. The first kappa shape index (κ1) is 18.5. The molecule has 0 saturated heterocycles. The summed E-state index contributed by atoms with van der Waals surface area (Å²) in [4.78, 5) is 17.0. The third kappa shape index (κ3) is 3.71. The first-order valence-electron chi connectivity index (χ1n) is 10.9. The van der Waals surface area contributed by atoms with Gasteiger partial charge in [0.1, 0.15) is 5.69 Å². The van der Waals surface area contributed by atoms with Gasteiger partial charge in [-0.2, -0.15) is 0 Å². The number of nitrogens with zero attached hydrogens (tertiary/aromatic N) is 4. The van der Waals surface area contributed by atoms with Crippen LogP contribution in [-0.4, -0.2) is 46.0 Å². The van der Waals surface area contributed by atoms with E-state index in [1.807, 2.05) is 24.4 Å². The van der Waals surface area contributed by atoms with E-state index in [9.17, 15) is 0 Å². The predicted molar refractivity (Wildman–Crippen MR) is 118 cm³/mol. The summed E-state index contributed by atoms with van der Waals surface area (Å²) in [6.07, 6.45) is 10.1. The summed E-state index contributed by atoms with van der Waals surface area (Å²) in [5.74, 6) is 0.877. The van der Waals surface area contributed by atoms with E-state index in [1.165, 1.54) is 30.4 Å². The molecule has 1 fully saturated rings. The van der Waals surface area contributed by atoms with E-state index in [1.54, 1.807) is 0 Å². The summed E-state index contributed by atoms with van der Waals surface area (Å²) < 4.78 is 0. The zero-order valence-electron chi connectivity index (χ0n) is 17.4. The second-order valence-corrected chi connectivity index (χ2v) is 8.71. The molecule has 2 aromatic heterocycles. The molecular weight excluding hydrogens is 358 g/mol.